The first kappa shape index (κ1) is 23.5. The van der Waals surface area contributed by atoms with Gasteiger partial charge in [0.2, 0.25) is 5.91 Å². The van der Waals surface area contributed by atoms with Crippen LogP contribution in [-0.2, 0) is 10.2 Å². The number of nitrogens with zero attached hydrogens (tertiary/aromatic N) is 3. The number of carbonyl (C=O) groups excluding carboxylic acids is 2. The zero-order chi connectivity index (χ0) is 24.2. The average molecular weight is 445 g/mol. The maximum atomic E-state index is 12.6. The Morgan fingerprint density at radius 3 is 2.48 bits per heavy atom. The van der Waals surface area contributed by atoms with E-state index in [4.69, 9.17) is 10.4 Å². The molecule has 0 aliphatic rings. The normalized spacial score (nSPS) is 10.9. The average Bonchev–Trinajstić information content (AvgIpc) is 3.16. The number of amides is 3. The van der Waals surface area contributed by atoms with E-state index in [0.717, 1.165) is 22.5 Å². The summed E-state index contributed by atoms with van der Waals surface area (Å²) in [4.78, 5) is 24.8. The van der Waals surface area contributed by atoms with Gasteiger partial charge in [-0.3, -0.25) is 4.79 Å². The first-order chi connectivity index (χ1) is 15.6. The Bertz CT molecular complexity index is 1230. The van der Waals surface area contributed by atoms with Gasteiger partial charge in [0, 0.05) is 17.2 Å². The van der Waals surface area contributed by atoms with Crippen molar-refractivity contribution in [1.82, 2.24) is 15.1 Å². The van der Waals surface area contributed by atoms with Gasteiger partial charge < -0.3 is 16.0 Å². The highest BCUT2D eigenvalue weighted by molar-refractivity contribution is 5.96. The van der Waals surface area contributed by atoms with Gasteiger partial charge in [0.25, 0.3) is 0 Å². The first-order valence-corrected chi connectivity index (χ1v) is 10.6. The Kier molecular flexibility index (Phi) is 6.83. The van der Waals surface area contributed by atoms with Crippen molar-refractivity contribution >= 4 is 23.4 Å². The van der Waals surface area contributed by atoms with Crippen LogP contribution < -0.4 is 16.0 Å². The van der Waals surface area contributed by atoms with Crippen molar-refractivity contribution in [1.29, 1.82) is 5.26 Å². The molecule has 2 aromatic carbocycles. The summed E-state index contributed by atoms with van der Waals surface area (Å²) in [5.41, 5.74) is 4.57. The summed E-state index contributed by atoms with van der Waals surface area (Å²) in [6, 6.07) is 15.9. The number of aromatic nitrogens is 2. The molecule has 0 fully saturated rings. The largest absolute Gasteiger partial charge is 0.329 e. The second-order valence-electron chi connectivity index (χ2n) is 8.92. The van der Waals surface area contributed by atoms with Gasteiger partial charge in [-0.15, -0.1) is 0 Å². The van der Waals surface area contributed by atoms with Crippen LogP contribution in [0.4, 0.5) is 16.3 Å². The molecule has 0 bridgehead atoms. The van der Waals surface area contributed by atoms with E-state index in [-0.39, 0.29) is 17.9 Å². The van der Waals surface area contributed by atoms with E-state index in [9.17, 15) is 9.59 Å². The molecule has 0 unspecified atom stereocenters. The van der Waals surface area contributed by atoms with Gasteiger partial charge in [0.05, 0.1) is 29.6 Å². The molecule has 0 aliphatic heterocycles. The second-order valence-corrected chi connectivity index (χ2v) is 8.92. The van der Waals surface area contributed by atoms with Gasteiger partial charge in [-0.1, -0.05) is 44.5 Å². The molecule has 0 radical (unpaired) electrons. The molecule has 1 heterocycles. The van der Waals surface area contributed by atoms with Crippen LogP contribution in [0, 0.1) is 25.2 Å². The molecule has 3 aromatic rings. The summed E-state index contributed by atoms with van der Waals surface area (Å²) in [7, 11) is 0. The summed E-state index contributed by atoms with van der Waals surface area (Å²) in [6.07, 6.45) is 0. The Morgan fingerprint density at radius 1 is 1.06 bits per heavy atom. The molecule has 3 amide bonds. The highest BCUT2D eigenvalue weighted by atomic mass is 16.2. The van der Waals surface area contributed by atoms with Crippen LogP contribution in [0.1, 0.15) is 43.2 Å². The molecule has 3 rings (SSSR count). The Labute approximate surface area is 193 Å². The van der Waals surface area contributed by atoms with Crippen LogP contribution in [-0.4, -0.2) is 28.3 Å². The van der Waals surface area contributed by atoms with Crippen molar-refractivity contribution in [3.05, 3.63) is 70.9 Å². The van der Waals surface area contributed by atoms with Crippen LogP contribution >= 0.6 is 0 Å². The maximum Gasteiger partial charge on any atom is 0.319 e. The maximum absolute atomic E-state index is 12.6. The first-order valence-electron chi connectivity index (χ1n) is 10.6. The summed E-state index contributed by atoms with van der Waals surface area (Å²) in [5, 5.41) is 21.7. The molecule has 1 aromatic heterocycles. The third kappa shape index (κ3) is 5.98. The zero-order valence-electron chi connectivity index (χ0n) is 19.5. The number of hydrogen-bond donors (Lipinski definition) is 3. The lowest BCUT2D eigenvalue weighted by atomic mass is 9.92. The summed E-state index contributed by atoms with van der Waals surface area (Å²) in [6.45, 7) is 9.96. The predicted molar refractivity (Wildman–Crippen MR) is 129 cm³/mol. The topological polar surface area (TPSA) is 112 Å². The Balaban J connectivity index is 1.72. The fourth-order valence-corrected chi connectivity index (χ4v) is 3.25. The predicted octanol–water partition coefficient (Wildman–Crippen LogP) is 4.42. The SMILES string of the molecule is Cc1ccc(-n2nc(C(C)(C)C)cc2NC(=O)CNC(=O)Nc2cccc(C#N)c2)c(C)c1. The number of nitriles is 1. The Hall–Kier alpha value is -4.12. The Morgan fingerprint density at radius 2 is 1.82 bits per heavy atom. The number of hydrogen-bond acceptors (Lipinski definition) is 4. The van der Waals surface area contributed by atoms with Gasteiger partial charge in [0.1, 0.15) is 5.82 Å². The van der Waals surface area contributed by atoms with Gasteiger partial charge in [-0.25, -0.2) is 9.48 Å². The lowest BCUT2D eigenvalue weighted by molar-refractivity contribution is -0.115. The standard InChI is InChI=1S/C25H28N6O2/c1-16-9-10-20(17(2)11-16)31-22(13-21(30-31)25(3,4)5)29-23(32)15-27-24(33)28-19-8-6-7-18(12-19)14-26/h6-13H,15H2,1-5H3,(H,29,32)(H2,27,28,33). The minimum atomic E-state index is -0.543. The van der Waals surface area contributed by atoms with Crippen molar-refractivity contribution in [2.24, 2.45) is 0 Å². The van der Waals surface area contributed by atoms with E-state index in [1.54, 1.807) is 28.9 Å². The molecule has 0 saturated heterocycles. The van der Waals surface area contributed by atoms with E-state index in [1.165, 1.54) is 0 Å². The lowest BCUT2D eigenvalue weighted by Crippen LogP contribution is -2.36. The lowest BCUT2D eigenvalue weighted by Gasteiger charge is -2.14. The number of carbonyl (C=O) groups is 2. The molecule has 33 heavy (non-hydrogen) atoms. The molecule has 8 heteroatoms. The van der Waals surface area contributed by atoms with Crippen LogP contribution in [0.3, 0.4) is 0 Å². The number of rotatable bonds is 5. The van der Waals surface area contributed by atoms with Crippen LogP contribution in [0.25, 0.3) is 5.69 Å². The second kappa shape index (κ2) is 9.57. The minimum absolute atomic E-state index is 0.209. The van der Waals surface area contributed by atoms with Crippen LogP contribution in [0.2, 0.25) is 0 Å². The smallest absolute Gasteiger partial charge is 0.319 e. The van der Waals surface area contributed by atoms with E-state index >= 15 is 0 Å². The van der Waals surface area contributed by atoms with Crippen molar-refractivity contribution in [2.75, 3.05) is 17.2 Å². The van der Waals surface area contributed by atoms with E-state index in [1.807, 2.05) is 38.1 Å². The number of anilines is 2. The molecule has 170 valence electrons. The van der Waals surface area contributed by atoms with Gasteiger partial charge in [-0.2, -0.15) is 10.4 Å². The number of aryl methyl sites for hydroxylation is 2. The number of benzene rings is 2. The van der Waals surface area contributed by atoms with Gasteiger partial charge in [0.15, 0.2) is 0 Å². The highest BCUT2D eigenvalue weighted by Crippen LogP contribution is 2.27. The van der Waals surface area contributed by atoms with Crippen LogP contribution in [0.5, 0.6) is 0 Å². The molecule has 8 nitrogen and oxygen atoms in total. The summed E-state index contributed by atoms with van der Waals surface area (Å²) in [5.74, 6) is 0.142. The molecule has 0 spiro atoms. The molecule has 0 aliphatic carbocycles. The molecular formula is C25H28N6O2. The molecule has 0 saturated carbocycles. The fraction of sp³-hybridized carbons (Fsp3) is 0.280. The number of urea groups is 1. The monoisotopic (exact) mass is 444 g/mol. The summed E-state index contributed by atoms with van der Waals surface area (Å²) < 4.78 is 1.72. The quantitative estimate of drug-likeness (QED) is 0.541. The van der Waals surface area contributed by atoms with Crippen molar-refractivity contribution in [2.45, 2.75) is 40.0 Å². The van der Waals surface area contributed by atoms with E-state index in [2.05, 4.69) is 42.8 Å². The zero-order valence-corrected chi connectivity index (χ0v) is 19.5. The number of nitrogens with one attached hydrogen (secondary N) is 3. The third-order valence-electron chi connectivity index (χ3n) is 4.98. The third-order valence-corrected chi connectivity index (χ3v) is 4.98. The fourth-order valence-electron chi connectivity index (χ4n) is 3.25. The van der Waals surface area contributed by atoms with Gasteiger partial charge >= 0.3 is 6.03 Å². The van der Waals surface area contributed by atoms with Crippen LogP contribution in [0.15, 0.2) is 48.5 Å². The van der Waals surface area contributed by atoms with Crippen molar-refractivity contribution < 1.29 is 9.59 Å². The molecular weight excluding hydrogens is 416 g/mol. The molecule has 0 atom stereocenters. The van der Waals surface area contributed by atoms with E-state index in [0.29, 0.717) is 17.1 Å². The summed E-state index contributed by atoms with van der Waals surface area (Å²) >= 11 is 0. The molecule has 3 N–H and O–H groups in total. The van der Waals surface area contributed by atoms with E-state index < -0.39 is 6.03 Å². The highest BCUT2D eigenvalue weighted by Gasteiger charge is 2.22. The minimum Gasteiger partial charge on any atom is -0.329 e. The van der Waals surface area contributed by atoms with Crippen molar-refractivity contribution in [3.8, 4) is 11.8 Å². The van der Waals surface area contributed by atoms with Gasteiger partial charge in [-0.05, 0) is 43.7 Å². The van der Waals surface area contributed by atoms with Crippen molar-refractivity contribution in [3.63, 3.8) is 0 Å².